The molecular weight excluding hydrogens is 390 g/mol. The standard InChI is InChI=1S/C15H15BrClNO3S/c1-18(10-11-5-3-4-6-14(11)17)22(19,20)12-7-8-15(21-2)13(16)9-12/h3-9H,10H2,1-2H3. The number of halogens is 2. The second kappa shape index (κ2) is 7.00. The molecule has 0 aliphatic heterocycles. The lowest BCUT2D eigenvalue weighted by atomic mass is 10.2. The van der Waals surface area contributed by atoms with Crippen LogP contribution in [-0.2, 0) is 16.6 Å². The van der Waals surface area contributed by atoms with Gasteiger partial charge in [-0.15, -0.1) is 0 Å². The molecule has 0 aromatic heterocycles. The van der Waals surface area contributed by atoms with Crippen LogP contribution in [0.4, 0.5) is 0 Å². The van der Waals surface area contributed by atoms with E-state index in [1.807, 2.05) is 6.07 Å². The molecule has 0 spiro atoms. The van der Waals surface area contributed by atoms with E-state index in [0.717, 1.165) is 5.56 Å². The van der Waals surface area contributed by atoms with Crippen LogP contribution in [0.5, 0.6) is 5.75 Å². The zero-order valence-corrected chi connectivity index (χ0v) is 15.2. The summed E-state index contributed by atoms with van der Waals surface area (Å²) in [5, 5.41) is 0.542. The number of hydrogen-bond donors (Lipinski definition) is 0. The van der Waals surface area contributed by atoms with E-state index in [2.05, 4.69) is 15.9 Å². The molecule has 0 saturated heterocycles. The van der Waals surface area contributed by atoms with Crippen molar-refractivity contribution < 1.29 is 13.2 Å². The number of sulfonamides is 1. The quantitative estimate of drug-likeness (QED) is 0.758. The van der Waals surface area contributed by atoms with Crippen molar-refractivity contribution in [3.8, 4) is 5.75 Å². The van der Waals surface area contributed by atoms with Gasteiger partial charge in [0, 0.05) is 18.6 Å². The highest BCUT2D eigenvalue weighted by molar-refractivity contribution is 9.10. The fourth-order valence-corrected chi connectivity index (χ4v) is 4.00. The van der Waals surface area contributed by atoms with Crippen molar-refractivity contribution in [3.63, 3.8) is 0 Å². The van der Waals surface area contributed by atoms with Crippen molar-refractivity contribution in [1.82, 2.24) is 4.31 Å². The van der Waals surface area contributed by atoms with Crippen molar-refractivity contribution in [2.45, 2.75) is 11.4 Å². The largest absolute Gasteiger partial charge is 0.496 e. The van der Waals surface area contributed by atoms with Gasteiger partial charge in [-0.3, -0.25) is 0 Å². The molecule has 0 N–H and O–H groups in total. The maximum absolute atomic E-state index is 12.6. The molecule has 0 saturated carbocycles. The first kappa shape index (κ1) is 17.3. The molecule has 0 atom stereocenters. The van der Waals surface area contributed by atoms with E-state index < -0.39 is 10.0 Å². The Morgan fingerprint density at radius 3 is 2.50 bits per heavy atom. The molecule has 0 aliphatic rings. The Morgan fingerprint density at radius 1 is 1.23 bits per heavy atom. The van der Waals surface area contributed by atoms with Crippen LogP contribution in [0, 0.1) is 0 Å². The fourth-order valence-electron chi connectivity index (χ4n) is 1.94. The normalized spacial score (nSPS) is 11.7. The highest BCUT2D eigenvalue weighted by Gasteiger charge is 2.22. The fraction of sp³-hybridized carbons (Fsp3) is 0.200. The van der Waals surface area contributed by atoms with E-state index in [0.29, 0.717) is 15.2 Å². The molecule has 2 aromatic carbocycles. The van der Waals surface area contributed by atoms with Crippen LogP contribution in [0.25, 0.3) is 0 Å². The summed E-state index contributed by atoms with van der Waals surface area (Å²) in [5.74, 6) is 0.577. The van der Waals surface area contributed by atoms with Crippen molar-refractivity contribution >= 4 is 37.6 Å². The molecule has 0 unspecified atom stereocenters. The smallest absolute Gasteiger partial charge is 0.243 e. The second-order valence-electron chi connectivity index (χ2n) is 4.65. The van der Waals surface area contributed by atoms with Gasteiger partial charge in [-0.25, -0.2) is 8.42 Å². The summed E-state index contributed by atoms with van der Waals surface area (Å²) < 4.78 is 32.2. The first-order chi connectivity index (χ1) is 10.4. The van der Waals surface area contributed by atoms with Gasteiger partial charge in [0.1, 0.15) is 5.75 Å². The number of nitrogens with zero attached hydrogens (tertiary/aromatic N) is 1. The summed E-state index contributed by atoms with van der Waals surface area (Å²) in [7, 11) is -0.562. The average molecular weight is 405 g/mol. The topological polar surface area (TPSA) is 46.6 Å². The monoisotopic (exact) mass is 403 g/mol. The molecular formula is C15H15BrClNO3S. The molecule has 118 valence electrons. The van der Waals surface area contributed by atoms with Gasteiger partial charge in [0.15, 0.2) is 0 Å². The molecule has 0 amide bonds. The zero-order valence-electron chi connectivity index (χ0n) is 12.1. The maximum Gasteiger partial charge on any atom is 0.243 e. The van der Waals surface area contributed by atoms with Crippen molar-refractivity contribution in [2.24, 2.45) is 0 Å². The van der Waals surface area contributed by atoms with Crippen LogP contribution < -0.4 is 4.74 Å². The molecule has 0 aliphatic carbocycles. The Hall–Kier alpha value is -1.08. The summed E-state index contributed by atoms with van der Waals surface area (Å²) in [6, 6.07) is 11.8. The van der Waals surface area contributed by atoms with E-state index in [1.165, 1.54) is 30.6 Å². The molecule has 0 radical (unpaired) electrons. The number of ether oxygens (including phenoxy) is 1. The highest BCUT2D eigenvalue weighted by Crippen LogP contribution is 2.29. The summed E-state index contributed by atoms with van der Waals surface area (Å²) in [6.07, 6.45) is 0. The van der Waals surface area contributed by atoms with Crippen LogP contribution in [0.3, 0.4) is 0 Å². The van der Waals surface area contributed by atoms with Crippen LogP contribution in [0.1, 0.15) is 5.56 Å². The van der Waals surface area contributed by atoms with E-state index >= 15 is 0 Å². The van der Waals surface area contributed by atoms with E-state index in [1.54, 1.807) is 24.3 Å². The Balaban J connectivity index is 2.30. The van der Waals surface area contributed by atoms with Gasteiger partial charge in [-0.2, -0.15) is 4.31 Å². The number of benzene rings is 2. The first-order valence-corrected chi connectivity index (χ1v) is 9.00. The second-order valence-corrected chi connectivity index (χ2v) is 7.96. The average Bonchev–Trinajstić information content (AvgIpc) is 2.49. The van der Waals surface area contributed by atoms with Gasteiger partial charge >= 0.3 is 0 Å². The summed E-state index contributed by atoms with van der Waals surface area (Å²) in [5.41, 5.74) is 0.753. The third-order valence-corrected chi connectivity index (χ3v) is 5.97. The molecule has 22 heavy (non-hydrogen) atoms. The van der Waals surface area contributed by atoms with Crippen LogP contribution in [0.2, 0.25) is 5.02 Å². The van der Waals surface area contributed by atoms with Gasteiger partial charge in [0.25, 0.3) is 0 Å². The zero-order chi connectivity index (χ0) is 16.3. The molecule has 0 heterocycles. The minimum absolute atomic E-state index is 0.190. The van der Waals surface area contributed by atoms with Gasteiger partial charge in [0.2, 0.25) is 10.0 Å². The highest BCUT2D eigenvalue weighted by atomic mass is 79.9. The van der Waals surface area contributed by atoms with Gasteiger partial charge < -0.3 is 4.74 Å². The van der Waals surface area contributed by atoms with Crippen LogP contribution >= 0.6 is 27.5 Å². The molecule has 4 nitrogen and oxygen atoms in total. The van der Waals surface area contributed by atoms with Gasteiger partial charge in [-0.1, -0.05) is 29.8 Å². The SMILES string of the molecule is COc1ccc(S(=O)(=O)N(C)Cc2ccccc2Cl)cc1Br. The van der Waals surface area contributed by atoms with Crippen LogP contribution in [0.15, 0.2) is 51.8 Å². The number of methoxy groups -OCH3 is 1. The van der Waals surface area contributed by atoms with Crippen molar-refractivity contribution in [1.29, 1.82) is 0 Å². The lowest BCUT2D eigenvalue weighted by Crippen LogP contribution is -2.26. The lowest BCUT2D eigenvalue weighted by Gasteiger charge is -2.18. The molecule has 7 heteroatoms. The predicted octanol–water partition coefficient (Wildman–Crippen LogP) is 3.93. The van der Waals surface area contributed by atoms with E-state index in [-0.39, 0.29) is 11.4 Å². The Labute approximate surface area is 143 Å². The maximum atomic E-state index is 12.6. The van der Waals surface area contributed by atoms with Crippen molar-refractivity contribution in [3.05, 3.63) is 57.5 Å². The Bertz CT molecular complexity index is 780. The minimum atomic E-state index is -3.61. The van der Waals surface area contributed by atoms with E-state index in [9.17, 15) is 8.42 Å². The predicted molar refractivity (Wildman–Crippen MR) is 90.8 cm³/mol. The van der Waals surface area contributed by atoms with E-state index in [4.69, 9.17) is 16.3 Å². The van der Waals surface area contributed by atoms with Gasteiger partial charge in [0.05, 0.1) is 16.5 Å². The van der Waals surface area contributed by atoms with Crippen LogP contribution in [-0.4, -0.2) is 26.9 Å². The third kappa shape index (κ3) is 3.63. The summed E-state index contributed by atoms with van der Waals surface area (Å²) in [6.45, 7) is 0.200. The minimum Gasteiger partial charge on any atom is -0.496 e. The Kier molecular flexibility index (Phi) is 5.50. The number of rotatable bonds is 5. The first-order valence-electron chi connectivity index (χ1n) is 6.39. The molecule has 0 bridgehead atoms. The number of hydrogen-bond acceptors (Lipinski definition) is 3. The molecule has 2 rings (SSSR count). The molecule has 2 aromatic rings. The van der Waals surface area contributed by atoms with Gasteiger partial charge in [-0.05, 0) is 45.8 Å². The third-order valence-electron chi connectivity index (χ3n) is 3.18. The Morgan fingerprint density at radius 2 is 1.91 bits per heavy atom. The summed E-state index contributed by atoms with van der Waals surface area (Å²) in [4.78, 5) is 0.190. The molecule has 0 fully saturated rings. The van der Waals surface area contributed by atoms with Crippen molar-refractivity contribution in [2.75, 3.05) is 14.2 Å². The summed E-state index contributed by atoms with van der Waals surface area (Å²) >= 11 is 9.38. The lowest BCUT2D eigenvalue weighted by molar-refractivity contribution is 0.411.